The molecule has 0 saturated heterocycles. The Hall–Kier alpha value is -3.31. The van der Waals surface area contributed by atoms with E-state index in [4.69, 9.17) is 16.3 Å². The molecule has 3 aromatic carbocycles. The number of anilines is 1. The third kappa shape index (κ3) is 5.42. The smallest absolute Gasteiger partial charge is 0.264 e. The Bertz CT molecular complexity index is 1150. The van der Waals surface area contributed by atoms with Gasteiger partial charge in [0.1, 0.15) is 5.75 Å². The van der Waals surface area contributed by atoms with Crippen molar-refractivity contribution in [1.82, 2.24) is 4.90 Å². The Morgan fingerprint density at radius 2 is 1.82 bits per heavy atom. The minimum absolute atomic E-state index is 0.0469. The minimum Gasteiger partial charge on any atom is -0.480 e. The van der Waals surface area contributed by atoms with Gasteiger partial charge in [-0.2, -0.15) is 0 Å². The highest BCUT2D eigenvalue weighted by atomic mass is 35.5. The van der Waals surface area contributed by atoms with Crippen molar-refractivity contribution >= 4 is 29.1 Å². The van der Waals surface area contributed by atoms with Crippen molar-refractivity contribution in [3.05, 3.63) is 94.5 Å². The maximum atomic E-state index is 13.2. The van der Waals surface area contributed by atoms with E-state index in [1.54, 1.807) is 4.90 Å². The van der Waals surface area contributed by atoms with Crippen LogP contribution >= 0.6 is 11.6 Å². The fourth-order valence-electron chi connectivity index (χ4n) is 4.28. The van der Waals surface area contributed by atoms with Gasteiger partial charge in [0.25, 0.3) is 5.91 Å². The van der Waals surface area contributed by atoms with Crippen molar-refractivity contribution in [1.29, 1.82) is 0 Å². The van der Waals surface area contributed by atoms with Crippen LogP contribution < -0.4 is 10.1 Å². The number of benzene rings is 3. The molecule has 0 radical (unpaired) electrons. The van der Waals surface area contributed by atoms with Crippen molar-refractivity contribution in [2.45, 2.75) is 51.8 Å². The van der Waals surface area contributed by atoms with E-state index in [0.717, 1.165) is 16.7 Å². The first kappa shape index (κ1) is 23.8. The zero-order valence-corrected chi connectivity index (χ0v) is 20.2. The fraction of sp³-hybridized carbons (Fsp3) is 0.286. The summed E-state index contributed by atoms with van der Waals surface area (Å²) in [5.41, 5.74) is 3.54. The first-order chi connectivity index (χ1) is 16.5. The van der Waals surface area contributed by atoms with E-state index in [9.17, 15) is 9.59 Å². The van der Waals surface area contributed by atoms with Crippen molar-refractivity contribution in [2.75, 3.05) is 5.32 Å². The van der Waals surface area contributed by atoms with E-state index in [1.165, 1.54) is 0 Å². The second-order valence-corrected chi connectivity index (χ2v) is 8.96. The Balaban J connectivity index is 1.56. The number of halogens is 1. The number of carbonyl (C=O) groups excluding carboxylic acids is 2. The van der Waals surface area contributed by atoms with E-state index < -0.39 is 6.10 Å². The molecule has 0 aliphatic carbocycles. The van der Waals surface area contributed by atoms with Gasteiger partial charge in [-0.1, -0.05) is 67.9 Å². The molecule has 1 N–H and O–H groups in total. The lowest BCUT2D eigenvalue weighted by Crippen LogP contribution is -2.38. The molecule has 0 bridgehead atoms. The number of amides is 2. The molecule has 1 aliphatic heterocycles. The number of hydrogen-bond donors (Lipinski definition) is 1. The molecule has 5 nitrogen and oxygen atoms in total. The van der Waals surface area contributed by atoms with Gasteiger partial charge in [-0.05, 0) is 54.3 Å². The summed E-state index contributed by atoms with van der Waals surface area (Å²) in [4.78, 5) is 28.0. The molecule has 2 amide bonds. The van der Waals surface area contributed by atoms with Crippen LogP contribution in [0.25, 0.3) is 0 Å². The summed E-state index contributed by atoms with van der Waals surface area (Å²) in [6.07, 6.45) is 0.728. The van der Waals surface area contributed by atoms with Crippen LogP contribution in [0.3, 0.4) is 0 Å². The number of nitrogens with one attached hydrogen (secondary N) is 1. The Labute approximate surface area is 205 Å². The van der Waals surface area contributed by atoms with Gasteiger partial charge >= 0.3 is 0 Å². The number of hydrogen-bond acceptors (Lipinski definition) is 3. The standard InChI is InChI=1S/C28H29ClN2O3/c1-3-24(20-8-6-5-7-9-20)27(32)30-23-14-15-26-21(16-23)18-31(28(33)25(4-2)34-26)17-19-10-12-22(29)13-11-19/h5-16,24-25H,3-4,17-18H2,1-2H3,(H,30,32)/t24-,25-/m1/s1. The quantitative estimate of drug-likeness (QED) is 0.443. The van der Waals surface area contributed by atoms with Crippen LogP contribution in [0, 0.1) is 0 Å². The highest BCUT2D eigenvalue weighted by molar-refractivity contribution is 6.30. The third-order valence-corrected chi connectivity index (χ3v) is 6.38. The second-order valence-electron chi connectivity index (χ2n) is 8.52. The number of nitrogens with zero attached hydrogens (tertiary/aromatic N) is 1. The SMILES string of the molecule is CC[C@H]1Oc2ccc(NC(=O)[C@H](CC)c3ccccc3)cc2CN(Cc2ccc(Cl)cc2)C1=O. The van der Waals surface area contributed by atoms with Gasteiger partial charge in [0.05, 0.1) is 5.92 Å². The molecular formula is C28H29ClN2O3. The summed E-state index contributed by atoms with van der Waals surface area (Å²) in [6, 6.07) is 22.9. The average molecular weight is 477 g/mol. The normalized spacial score (nSPS) is 16.3. The van der Waals surface area contributed by atoms with Gasteiger partial charge in [-0.3, -0.25) is 9.59 Å². The van der Waals surface area contributed by atoms with Gasteiger partial charge in [0, 0.05) is 29.4 Å². The number of carbonyl (C=O) groups is 2. The summed E-state index contributed by atoms with van der Waals surface area (Å²) in [6.45, 7) is 4.80. The van der Waals surface area contributed by atoms with Crippen LogP contribution in [-0.4, -0.2) is 22.8 Å². The van der Waals surface area contributed by atoms with Gasteiger partial charge in [-0.15, -0.1) is 0 Å². The van der Waals surface area contributed by atoms with Crippen LogP contribution in [-0.2, 0) is 22.7 Å². The van der Waals surface area contributed by atoms with Crippen LogP contribution in [0.15, 0.2) is 72.8 Å². The number of fused-ring (bicyclic) bond motifs is 1. The highest BCUT2D eigenvalue weighted by Crippen LogP contribution is 2.31. The van der Waals surface area contributed by atoms with E-state index in [-0.39, 0.29) is 17.7 Å². The summed E-state index contributed by atoms with van der Waals surface area (Å²) >= 11 is 6.02. The lowest BCUT2D eigenvalue weighted by molar-refractivity contribution is -0.139. The largest absolute Gasteiger partial charge is 0.480 e. The molecule has 3 aromatic rings. The van der Waals surface area contributed by atoms with Gasteiger partial charge in [-0.25, -0.2) is 0 Å². The molecule has 0 spiro atoms. The van der Waals surface area contributed by atoms with Gasteiger partial charge < -0.3 is 15.0 Å². The van der Waals surface area contributed by atoms with Crippen molar-refractivity contribution in [2.24, 2.45) is 0 Å². The maximum Gasteiger partial charge on any atom is 0.264 e. The van der Waals surface area contributed by atoms with Gasteiger partial charge in [0.15, 0.2) is 6.10 Å². The molecule has 1 aliphatic rings. The highest BCUT2D eigenvalue weighted by Gasteiger charge is 2.30. The van der Waals surface area contributed by atoms with E-state index >= 15 is 0 Å². The summed E-state index contributed by atoms with van der Waals surface area (Å²) < 4.78 is 6.08. The molecule has 34 heavy (non-hydrogen) atoms. The van der Waals surface area contributed by atoms with Crippen molar-refractivity contribution in [3.63, 3.8) is 0 Å². The molecule has 176 valence electrons. The second kappa shape index (κ2) is 10.7. The molecule has 0 aromatic heterocycles. The number of ether oxygens (including phenoxy) is 1. The first-order valence-electron chi connectivity index (χ1n) is 11.7. The molecular weight excluding hydrogens is 448 g/mol. The number of rotatable bonds is 7. The zero-order chi connectivity index (χ0) is 24.1. The van der Waals surface area contributed by atoms with E-state index in [0.29, 0.717) is 42.4 Å². The van der Waals surface area contributed by atoms with Crippen LogP contribution in [0.5, 0.6) is 5.75 Å². The average Bonchev–Trinajstić information content (AvgIpc) is 2.97. The van der Waals surface area contributed by atoms with Crippen LogP contribution in [0.2, 0.25) is 5.02 Å². The first-order valence-corrected chi connectivity index (χ1v) is 12.0. The molecule has 6 heteroatoms. The molecule has 1 heterocycles. The summed E-state index contributed by atoms with van der Waals surface area (Å²) in [7, 11) is 0. The van der Waals surface area contributed by atoms with E-state index in [2.05, 4.69) is 5.32 Å². The molecule has 0 unspecified atom stereocenters. The third-order valence-electron chi connectivity index (χ3n) is 6.13. The van der Waals surface area contributed by atoms with Crippen molar-refractivity contribution in [3.8, 4) is 5.75 Å². The van der Waals surface area contributed by atoms with E-state index in [1.807, 2.05) is 86.6 Å². The lowest BCUT2D eigenvalue weighted by atomic mass is 9.95. The predicted molar refractivity (Wildman–Crippen MR) is 135 cm³/mol. The molecule has 0 saturated carbocycles. The molecule has 0 fully saturated rings. The zero-order valence-electron chi connectivity index (χ0n) is 19.5. The Morgan fingerprint density at radius 3 is 2.50 bits per heavy atom. The van der Waals surface area contributed by atoms with Crippen LogP contribution in [0.4, 0.5) is 5.69 Å². The van der Waals surface area contributed by atoms with Gasteiger partial charge in [0.2, 0.25) is 5.91 Å². The monoisotopic (exact) mass is 476 g/mol. The fourth-order valence-corrected chi connectivity index (χ4v) is 4.40. The molecule has 2 atom stereocenters. The summed E-state index contributed by atoms with van der Waals surface area (Å²) in [5, 5.41) is 3.72. The van der Waals surface area contributed by atoms with Crippen molar-refractivity contribution < 1.29 is 14.3 Å². The minimum atomic E-state index is -0.545. The Kier molecular flexibility index (Phi) is 7.53. The topological polar surface area (TPSA) is 58.6 Å². The summed E-state index contributed by atoms with van der Waals surface area (Å²) in [5.74, 6) is 0.341. The Morgan fingerprint density at radius 1 is 1.09 bits per heavy atom. The maximum absolute atomic E-state index is 13.2. The van der Waals surface area contributed by atoms with Crippen LogP contribution in [0.1, 0.15) is 49.3 Å². The lowest BCUT2D eigenvalue weighted by Gasteiger charge is -2.23. The molecule has 4 rings (SSSR count). The predicted octanol–water partition coefficient (Wildman–Crippen LogP) is 6.17.